The monoisotopic (exact) mass is 359 g/mol. The average molecular weight is 360 g/mol. The van der Waals surface area contributed by atoms with E-state index in [2.05, 4.69) is 90.5 Å². The zero-order chi connectivity index (χ0) is 19.3. The molecule has 0 radical (unpaired) electrons. The van der Waals surface area contributed by atoms with E-state index in [9.17, 15) is 0 Å². The number of nitrogens with zero attached hydrogens (tertiary/aromatic N) is 2. The van der Waals surface area contributed by atoms with Gasteiger partial charge in [0.15, 0.2) is 0 Å². The maximum atomic E-state index is 9.09. The van der Waals surface area contributed by atoms with Crippen LogP contribution < -0.4 is 4.90 Å². The molecule has 2 aliphatic heterocycles. The fourth-order valence-corrected chi connectivity index (χ4v) is 5.95. The number of hydrogen-bond donors (Lipinski definition) is 0. The SMILES string of the molecule is [2H]C1N2C=CC(c3ccccc3)(C3CCCC3)C2[C@H](C)N1c1ccccc1C. The zero-order valence-corrected chi connectivity index (χ0v) is 16.4. The highest BCUT2D eigenvalue weighted by atomic mass is 15.4. The van der Waals surface area contributed by atoms with Gasteiger partial charge in [0.1, 0.15) is 0 Å². The normalized spacial score (nSPS) is 33.6. The molecule has 2 aromatic carbocycles. The van der Waals surface area contributed by atoms with Crippen LogP contribution in [0, 0.1) is 12.8 Å². The molecule has 1 saturated heterocycles. The van der Waals surface area contributed by atoms with Crippen LogP contribution in [0.2, 0.25) is 0 Å². The fourth-order valence-electron chi connectivity index (χ4n) is 5.95. The Balaban J connectivity index is 1.62. The Morgan fingerprint density at radius 1 is 1.00 bits per heavy atom. The quantitative estimate of drug-likeness (QED) is 0.715. The van der Waals surface area contributed by atoms with Crippen LogP contribution in [-0.2, 0) is 5.41 Å². The molecule has 0 aromatic heterocycles. The molecule has 2 aromatic rings. The third-order valence-electron chi connectivity index (χ3n) is 7.18. The molecule has 3 unspecified atom stereocenters. The summed E-state index contributed by atoms with van der Waals surface area (Å²) in [6.45, 7) is 4.12. The Hall–Kier alpha value is -2.22. The number of rotatable bonds is 3. The first-order valence-corrected chi connectivity index (χ1v) is 10.4. The van der Waals surface area contributed by atoms with Crippen LogP contribution in [0.15, 0.2) is 66.9 Å². The van der Waals surface area contributed by atoms with Crippen LogP contribution in [0.1, 0.15) is 45.1 Å². The number of benzene rings is 2. The molecule has 140 valence electrons. The summed E-state index contributed by atoms with van der Waals surface area (Å²) < 4.78 is 9.09. The lowest BCUT2D eigenvalue weighted by atomic mass is 9.64. The lowest BCUT2D eigenvalue weighted by Gasteiger charge is -2.43. The van der Waals surface area contributed by atoms with E-state index >= 15 is 0 Å². The van der Waals surface area contributed by atoms with Crippen molar-refractivity contribution in [1.29, 1.82) is 0 Å². The van der Waals surface area contributed by atoms with Crippen LogP contribution in [0.4, 0.5) is 5.69 Å². The van der Waals surface area contributed by atoms with Gasteiger partial charge < -0.3 is 9.80 Å². The zero-order valence-electron chi connectivity index (χ0n) is 17.4. The molecule has 2 fully saturated rings. The summed E-state index contributed by atoms with van der Waals surface area (Å²) in [6, 6.07) is 20.2. The Kier molecular flexibility index (Phi) is 3.77. The molecule has 2 heteroatoms. The van der Waals surface area contributed by atoms with E-state index in [-0.39, 0.29) is 18.1 Å². The number of hydrogen-bond acceptors (Lipinski definition) is 2. The Morgan fingerprint density at radius 2 is 1.70 bits per heavy atom. The summed E-state index contributed by atoms with van der Waals surface area (Å²) in [6.07, 6.45) is 9.95. The van der Waals surface area contributed by atoms with Crippen molar-refractivity contribution in [2.75, 3.05) is 11.5 Å². The lowest BCUT2D eigenvalue weighted by molar-refractivity contribution is 0.204. The van der Waals surface area contributed by atoms with Gasteiger partial charge in [-0.3, -0.25) is 0 Å². The topological polar surface area (TPSA) is 6.48 Å². The summed E-state index contributed by atoms with van der Waals surface area (Å²) in [7, 11) is 0. The van der Waals surface area contributed by atoms with Gasteiger partial charge in [-0.05, 0) is 56.0 Å². The molecule has 4 atom stereocenters. The van der Waals surface area contributed by atoms with Gasteiger partial charge in [-0.25, -0.2) is 0 Å². The summed E-state index contributed by atoms with van der Waals surface area (Å²) in [4.78, 5) is 4.65. The van der Waals surface area contributed by atoms with Crippen molar-refractivity contribution in [2.45, 2.75) is 57.0 Å². The number of aryl methyl sites for hydroxylation is 1. The van der Waals surface area contributed by atoms with Crippen molar-refractivity contribution in [1.82, 2.24) is 4.90 Å². The minimum absolute atomic E-state index is 0.00785. The van der Waals surface area contributed by atoms with Crippen LogP contribution in [-0.4, -0.2) is 23.6 Å². The van der Waals surface area contributed by atoms with E-state index in [1.807, 2.05) is 0 Å². The molecule has 1 saturated carbocycles. The molecular weight excluding hydrogens is 328 g/mol. The van der Waals surface area contributed by atoms with Gasteiger partial charge in [0, 0.05) is 17.1 Å². The van der Waals surface area contributed by atoms with E-state index < -0.39 is 0 Å². The summed E-state index contributed by atoms with van der Waals surface area (Å²) in [5.41, 5.74) is 3.89. The first-order chi connectivity index (χ1) is 13.6. The van der Waals surface area contributed by atoms with Crippen LogP contribution in [0.3, 0.4) is 0 Å². The highest BCUT2D eigenvalue weighted by molar-refractivity contribution is 5.56. The first kappa shape index (κ1) is 15.8. The Bertz CT molecular complexity index is 873. The van der Waals surface area contributed by atoms with Crippen molar-refractivity contribution < 1.29 is 1.37 Å². The highest BCUT2D eigenvalue weighted by Gasteiger charge is 2.56. The van der Waals surface area contributed by atoms with E-state index in [1.165, 1.54) is 42.5 Å². The molecule has 2 nitrogen and oxygen atoms in total. The van der Waals surface area contributed by atoms with E-state index in [0.717, 1.165) is 0 Å². The van der Waals surface area contributed by atoms with Crippen LogP contribution in [0.25, 0.3) is 0 Å². The van der Waals surface area contributed by atoms with E-state index in [1.54, 1.807) is 0 Å². The van der Waals surface area contributed by atoms with Gasteiger partial charge in [0.05, 0.1) is 14.1 Å². The Labute approximate surface area is 164 Å². The summed E-state index contributed by atoms with van der Waals surface area (Å²) >= 11 is 0. The second kappa shape index (κ2) is 6.44. The first-order valence-electron chi connectivity index (χ1n) is 11.0. The van der Waals surface area contributed by atoms with Crippen molar-refractivity contribution in [3.05, 3.63) is 78.0 Å². The van der Waals surface area contributed by atoms with Crippen molar-refractivity contribution in [3.8, 4) is 0 Å². The Morgan fingerprint density at radius 3 is 2.44 bits per heavy atom. The predicted octanol–water partition coefficient (Wildman–Crippen LogP) is 5.49. The maximum absolute atomic E-state index is 9.09. The van der Waals surface area contributed by atoms with Crippen LogP contribution in [0.5, 0.6) is 0 Å². The maximum Gasteiger partial charge on any atom is 0.0905 e. The van der Waals surface area contributed by atoms with Gasteiger partial charge in [-0.1, -0.05) is 67.4 Å². The van der Waals surface area contributed by atoms with Gasteiger partial charge in [0.2, 0.25) is 0 Å². The van der Waals surface area contributed by atoms with Gasteiger partial charge in [0.25, 0.3) is 0 Å². The lowest BCUT2D eigenvalue weighted by Crippen LogP contribution is -2.50. The van der Waals surface area contributed by atoms with Crippen molar-refractivity contribution in [3.63, 3.8) is 0 Å². The standard InChI is InChI=1S/C25H30N2/c1-19-10-6-9-15-23(19)27-18-26-17-16-25(24(26)20(27)2,22-13-7-8-14-22)21-11-4-3-5-12-21/h3-6,9-12,15-17,20,22,24H,7-8,13-14,18H2,1-2H3/t20-,24?,25?/m0/s1/i18D/t18?,20-,24?,25?. The second-order valence-electron chi connectivity index (χ2n) is 8.54. The molecule has 27 heavy (non-hydrogen) atoms. The molecule has 5 rings (SSSR count). The number of fused-ring (bicyclic) bond motifs is 1. The number of para-hydroxylation sites is 1. The molecule has 1 aliphatic carbocycles. The van der Waals surface area contributed by atoms with Crippen LogP contribution >= 0.6 is 0 Å². The second-order valence-corrected chi connectivity index (χ2v) is 8.54. The minimum atomic E-state index is -0.371. The van der Waals surface area contributed by atoms with E-state index in [4.69, 9.17) is 1.37 Å². The molecule has 3 aliphatic rings. The molecular formula is C25H30N2. The molecule has 0 N–H and O–H groups in total. The van der Waals surface area contributed by atoms with E-state index in [0.29, 0.717) is 12.0 Å². The molecule has 2 heterocycles. The fraction of sp³-hybridized carbons (Fsp3) is 0.440. The average Bonchev–Trinajstić information content (AvgIpc) is 3.43. The third kappa shape index (κ3) is 2.46. The number of anilines is 1. The largest absolute Gasteiger partial charge is 0.354 e. The van der Waals surface area contributed by atoms with Gasteiger partial charge in [-0.2, -0.15) is 0 Å². The van der Waals surface area contributed by atoms with Crippen molar-refractivity contribution >= 4 is 5.69 Å². The third-order valence-corrected chi connectivity index (χ3v) is 7.18. The molecule has 0 spiro atoms. The smallest absolute Gasteiger partial charge is 0.0905 e. The molecule has 0 bridgehead atoms. The van der Waals surface area contributed by atoms with Gasteiger partial charge >= 0.3 is 0 Å². The summed E-state index contributed by atoms with van der Waals surface area (Å²) in [5, 5.41) is 0. The molecule has 0 amide bonds. The highest BCUT2D eigenvalue weighted by Crippen LogP contribution is 2.53. The summed E-state index contributed by atoms with van der Waals surface area (Å²) in [5.74, 6) is 0.660. The van der Waals surface area contributed by atoms with Gasteiger partial charge in [-0.15, -0.1) is 0 Å². The van der Waals surface area contributed by atoms with Crippen molar-refractivity contribution in [2.24, 2.45) is 5.92 Å². The predicted molar refractivity (Wildman–Crippen MR) is 113 cm³/mol. The minimum Gasteiger partial charge on any atom is -0.354 e.